The van der Waals surface area contributed by atoms with Gasteiger partial charge in [0.05, 0.1) is 11.6 Å². The number of amides is 1. The number of esters is 1. The fraction of sp³-hybridized carbons (Fsp3) is 0.143. The maximum Gasteiger partial charge on any atom is 0.339 e. The molecule has 3 aromatic rings. The first-order chi connectivity index (χ1) is 12.1. The SMILES string of the molecule is C[C@H](NC(=O)COC(=O)c1cccc2ccccc12)c1ccccc1. The van der Waals surface area contributed by atoms with Crippen LogP contribution in [-0.2, 0) is 9.53 Å². The summed E-state index contributed by atoms with van der Waals surface area (Å²) in [7, 11) is 0. The second kappa shape index (κ2) is 7.62. The van der Waals surface area contributed by atoms with Crippen molar-refractivity contribution in [1.29, 1.82) is 0 Å². The molecule has 126 valence electrons. The molecule has 0 aliphatic rings. The van der Waals surface area contributed by atoms with Crippen molar-refractivity contribution >= 4 is 22.6 Å². The van der Waals surface area contributed by atoms with Crippen LogP contribution in [0.5, 0.6) is 0 Å². The molecule has 1 atom stereocenters. The van der Waals surface area contributed by atoms with Gasteiger partial charge in [-0.3, -0.25) is 4.79 Å². The maximum atomic E-state index is 12.3. The summed E-state index contributed by atoms with van der Waals surface area (Å²) in [6.07, 6.45) is 0. The Hall–Kier alpha value is -3.14. The van der Waals surface area contributed by atoms with Crippen molar-refractivity contribution in [3.05, 3.63) is 83.9 Å². The zero-order valence-electron chi connectivity index (χ0n) is 13.9. The fourth-order valence-electron chi connectivity index (χ4n) is 2.72. The second-order valence-electron chi connectivity index (χ2n) is 5.80. The van der Waals surface area contributed by atoms with Gasteiger partial charge in [-0.15, -0.1) is 0 Å². The third kappa shape index (κ3) is 4.04. The molecule has 0 unspecified atom stereocenters. The number of rotatable bonds is 5. The molecule has 4 nitrogen and oxygen atoms in total. The molecule has 0 aliphatic carbocycles. The van der Waals surface area contributed by atoms with Gasteiger partial charge < -0.3 is 10.1 Å². The van der Waals surface area contributed by atoms with Crippen molar-refractivity contribution in [3.63, 3.8) is 0 Å². The lowest BCUT2D eigenvalue weighted by atomic mass is 10.1. The minimum Gasteiger partial charge on any atom is -0.452 e. The van der Waals surface area contributed by atoms with E-state index in [-0.39, 0.29) is 18.6 Å². The molecular formula is C21H19NO3. The van der Waals surface area contributed by atoms with Gasteiger partial charge in [-0.05, 0) is 29.3 Å². The Labute approximate surface area is 146 Å². The number of hydrogen-bond acceptors (Lipinski definition) is 3. The largest absolute Gasteiger partial charge is 0.452 e. The van der Waals surface area contributed by atoms with Crippen LogP contribution in [0, 0.1) is 0 Å². The molecule has 25 heavy (non-hydrogen) atoms. The van der Waals surface area contributed by atoms with Crippen molar-refractivity contribution in [3.8, 4) is 0 Å². The average molecular weight is 333 g/mol. The zero-order chi connectivity index (χ0) is 17.6. The van der Waals surface area contributed by atoms with Crippen LogP contribution < -0.4 is 5.32 Å². The number of nitrogens with one attached hydrogen (secondary N) is 1. The van der Waals surface area contributed by atoms with Crippen molar-refractivity contribution < 1.29 is 14.3 Å². The summed E-state index contributed by atoms with van der Waals surface area (Å²) in [4.78, 5) is 24.4. The van der Waals surface area contributed by atoms with E-state index in [4.69, 9.17) is 4.74 Å². The van der Waals surface area contributed by atoms with E-state index in [9.17, 15) is 9.59 Å². The Morgan fingerprint density at radius 3 is 2.40 bits per heavy atom. The van der Waals surface area contributed by atoms with Gasteiger partial charge in [0.25, 0.3) is 5.91 Å². The third-order valence-electron chi connectivity index (χ3n) is 4.02. The topological polar surface area (TPSA) is 55.4 Å². The highest BCUT2D eigenvalue weighted by molar-refractivity contribution is 6.04. The standard InChI is InChI=1S/C21H19NO3/c1-15(16-8-3-2-4-9-16)22-20(23)14-25-21(24)19-13-7-11-17-10-5-6-12-18(17)19/h2-13,15H,14H2,1H3,(H,22,23)/t15-/m0/s1. The van der Waals surface area contributed by atoms with E-state index >= 15 is 0 Å². The molecule has 0 spiro atoms. The van der Waals surface area contributed by atoms with Gasteiger partial charge in [-0.25, -0.2) is 4.79 Å². The predicted molar refractivity (Wildman–Crippen MR) is 97.2 cm³/mol. The lowest BCUT2D eigenvalue weighted by Crippen LogP contribution is -2.31. The highest BCUT2D eigenvalue weighted by Crippen LogP contribution is 2.19. The van der Waals surface area contributed by atoms with Crippen molar-refractivity contribution in [2.45, 2.75) is 13.0 Å². The number of hydrogen-bond donors (Lipinski definition) is 1. The molecule has 0 fully saturated rings. The number of benzene rings is 3. The summed E-state index contributed by atoms with van der Waals surface area (Å²) in [5.74, 6) is -0.829. The van der Waals surface area contributed by atoms with Gasteiger partial charge in [-0.2, -0.15) is 0 Å². The van der Waals surface area contributed by atoms with E-state index < -0.39 is 5.97 Å². The van der Waals surface area contributed by atoms with Crippen LogP contribution in [0.25, 0.3) is 10.8 Å². The Bertz CT molecular complexity index is 885. The molecule has 1 N–H and O–H groups in total. The summed E-state index contributed by atoms with van der Waals surface area (Å²) < 4.78 is 5.18. The molecule has 4 heteroatoms. The molecule has 0 aliphatic heterocycles. The molecule has 3 aromatic carbocycles. The lowest BCUT2D eigenvalue weighted by molar-refractivity contribution is -0.124. The Morgan fingerprint density at radius 2 is 1.60 bits per heavy atom. The smallest absolute Gasteiger partial charge is 0.339 e. The molecule has 0 radical (unpaired) electrons. The Balaban J connectivity index is 1.61. The Morgan fingerprint density at radius 1 is 0.920 bits per heavy atom. The van der Waals surface area contributed by atoms with Crippen LogP contribution in [0.3, 0.4) is 0 Å². The van der Waals surface area contributed by atoms with E-state index in [1.54, 1.807) is 12.1 Å². The van der Waals surface area contributed by atoms with E-state index in [1.807, 2.05) is 67.6 Å². The summed E-state index contributed by atoms with van der Waals surface area (Å²) in [6.45, 7) is 1.58. The lowest BCUT2D eigenvalue weighted by Gasteiger charge is -2.14. The van der Waals surface area contributed by atoms with Gasteiger partial charge in [-0.1, -0.05) is 66.7 Å². The first kappa shape index (κ1) is 16.7. The molecule has 0 bridgehead atoms. The molecule has 0 saturated carbocycles. The summed E-state index contributed by atoms with van der Waals surface area (Å²) in [6, 6.07) is 22.5. The van der Waals surface area contributed by atoms with Crippen LogP contribution in [0.1, 0.15) is 28.9 Å². The van der Waals surface area contributed by atoms with Crippen LogP contribution in [-0.4, -0.2) is 18.5 Å². The molecule has 0 aromatic heterocycles. The van der Waals surface area contributed by atoms with Gasteiger partial charge >= 0.3 is 5.97 Å². The Kier molecular flexibility index (Phi) is 5.09. The number of ether oxygens (including phenoxy) is 1. The van der Waals surface area contributed by atoms with Gasteiger partial charge in [0, 0.05) is 0 Å². The monoisotopic (exact) mass is 333 g/mol. The quantitative estimate of drug-likeness (QED) is 0.721. The zero-order valence-corrected chi connectivity index (χ0v) is 13.9. The maximum absolute atomic E-state index is 12.3. The normalized spacial score (nSPS) is 11.7. The summed E-state index contributed by atoms with van der Waals surface area (Å²) in [5, 5.41) is 4.59. The predicted octanol–water partition coefficient (Wildman–Crippen LogP) is 3.87. The number of fused-ring (bicyclic) bond motifs is 1. The average Bonchev–Trinajstić information content (AvgIpc) is 2.66. The highest BCUT2D eigenvalue weighted by atomic mass is 16.5. The minimum atomic E-state index is -0.501. The van der Waals surface area contributed by atoms with Crippen molar-refractivity contribution in [1.82, 2.24) is 5.32 Å². The summed E-state index contributed by atoms with van der Waals surface area (Å²) in [5.41, 5.74) is 1.46. The van der Waals surface area contributed by atoms with E-state index in [0.717, 1.165) is 16.3 Å². The molecule has 0 heterocycles. The van der Waals surface area contributed by atoms with Gasteiger partial charge in [0.1, 0.15) is 0 Å². The van der Waals surface area contributed by atoms with Crippen LogP contribution in [0.15, 0.2) is 72.8 Å². The first-order valence-corrected chi connectivity index (χ1v) is 8.14. The molecular weight excluding hydrogens is 314 g/mol. The number of carbonyl (C=O) groups is 2. The van der Waals surface area contributed by atoms with Crippen LogP contribution in [0.4, 0.5) is 0 Å². The molecule has 1 amide bonds. The van der Waals surface area contributed by atoms with Crippen molar-refractivity contribution in [2.75, 3.05) is 6.61 Å². The molecule has 3 rings (SSSR count). The van der Waals surface area contributed by atoms with E-state index in [2.05, 4.69) is 5.32 Å². The minimum absolute atomic E-state index is 0.148. The number of carbonyl (C=O) groups excluding carboxylic acids is 2. The van der Waals surface area contributed by atoms with Gasteiger partial charge in [0.2, 0.25) is 0 Å². The van der Waals surface area contributed by atoms with Crippen molar-refractivity contribution in [2.24, 2.45) is 0 Å². The highest BCUT2D eigenvalue weighted by Gasteiger charge is 2.14. The fourth-order valence-corrected chi connectivity index (χ4v) is 2.72. The molecule has 0 saturated heterocycles. The van der Waals surface area contributed by atoms with Crippen LogP contribution >= 0.6 is 0 Å². The first-order valence-electron chi connectivity index (χ1n) is 8.14. The van der Waals surface area contributed by atoms with E-state index in [1.165, 1.54) is 0 Å². The van der Waals surface area contributed by atoms with Crippen LogP contribution in [0.2, 0.25) is 0 Å². The second-order valence-corrected chi connectivity index (χ2v) is 5.80. The van der Waals surface area contributed by atoms with E-state index in [0.29, 0.717) is 5.56 Å². The summed E-state index contributed by atoms with van der Waals surface area (Å²) >= 11 is 0. The van der Waals surface area contributed by atoms with Gasteiger partial charge in [0.15, 0.2) is 6.61 Å². The third-order valence-corrected chi connectivity index (χ3v) is 4.02.